The second-order valence-electron chi connectivity index (χ2n) is 4.37. The average molecular weight is 274 g/mol. The van der Waals surface area contributed by atoms with Crippen LogP contribution in [0.3, 0.4) is 0 Å². The molecule has 0 atom stereocenters. The number of nitrogens with two attached hydrogens (primary N) is 1. The minimum Gasteiger partial charge on any atom is -0.484 e. The molecule has 3 N–H and O–H groups in total. The van der Waals surface area contributed by atoms with Crippen LogP contribution >= 0.6 is 0 Å². The Morgan fingerprint density at radius 1 is 1.30 bits per heavy atom. The number of rotatable bonds is 4. The van der Waals surface area contributed by atoms with Crippen LogP contribution in [0.1, 0.15) is 5.56 Å². The maximum Gasteiger partial charge on any atom is 0.262 e. The molecular weight excluding hydrogens is 259 g/mol. The van der Waals surface area contributed by atoms with Crippen LogP contribution in [0.15, 0.2) is 42.5 Å². The van der Waals surface area contributed by atoms with Crippen molar-refractivity contribution >= 4 is 17.3 Å². The summed E-state index contributed by atoms with van der Waals surface area (Å²) in [6.07, 6.45) is 0. The van der Waals surface area contributed by atoms with Crippen molar-refractivity contribution in [1.82, 2.24) is 0 Å². The average Bonchev–Trinajstić information content (AvgIpc) is 2.41. The molecule has 1 amide bonds. The fourth-order valence-electron chi connectivity index (χ4n) is 1.67. The summed E-state index contributed by atoms with van der Waals surface area (Å²) in [5.74, 6) is -0.250. The molecule has 2 aromatic rings. The molecular formula is C15H15FN2O2. The highest BCUT2D eigenvalue weighted by Crippen LogP contribution is 2.17. The van der Waals surface area contributed by atoms with Crippen LogP contribution in [0.4, 0.5) is 15.8 Å². The van der Waals surface area contributed by atoms with Crippen LogP contribution in [0, 0.1) is 12.7 Å². The molecule has 0 radical (unpaired) electrons. The molecule has 0 aromatic heterocycles. The lowest BCUT2D eigenvalue weighted by molar-refractivity contribution is -0.118. The Kier molecular flexibility index (Phi) is 4.20. The van der Waals surface area contributed by atoms with Crippen LogP contribution < -0.4 is 15.8 Å². The summed E-state index contributed by atoms with van der Waals surface area (Å²) >= 11 is 0. The highest BCUT2D eigenvalue weighted by atomic mass is 19.1. The van der Waals surface area contributed by atoms with Crippen molar-refractivity contribution < 1.29 is 13.9 Å². The summed E-state index contributed by atoms with van der Waals surface area (Å²) in [7, 11) is 0. The quantitative estimate of drug-likeness (QED) is 0.842. The van der Waals surface area contributed by atoms with E-state index in [4.69, 9.17) is 10.5 Å². The second-order valence-corrected chi connectivity index (χ2v) is 4.37. The molecule has 0 heterocycles. The molecule has 0 spiro atoms. The maximum absolute atomic E-state index is 13.1. The Morgan fingerprint density at radius 2 is 2.10 bits per heavy atom. The number of benzene rings is 2. The molecule has 0 aliphatic carbocycles. The van der Waals surface area contributed by atoms with E-state index in [1.807, 2.05) is 0 Å². The number of carbonyl (C=O) groups is 1. The standard InChI is InChI=1S/C15H15FN2O2/c1-10-5-6-11(16)7-14(10)18-15(19)9-20-13-4-2-3-12(17)8-13/h2-8H,9,17H2,1H3,(H,18,19). The van der Waals surface area contributed by atoms with Crippen molar-refractivity contribution in [2.75, 3.05) is 17.7 Å². The number of hydrogen-bond donors (Lipinski definition) is 2. The highest BCUT2D eigenvalue weighted by Gasteiger charge is 2.07. The third kappa shape index (κ3) is 3.71. The zero-order chi connectivity index (χ0) is 14.5. The number of anilines is 2. The van der Waals surface area contributed by atoms with Gasteiger partial charge in [0.2, 0.25) is 0 Å². The number of hydrogen-bond acceptors (Lipinski definition) is 3. The predicted octanol–water partition coefficient (Wildman–Crippen LogP) is 2.73. The third-order valence-corrected chi connectivity index (χ3v) is 2.70. The Labute approximate surface area is 116 Å². The highest BCUT2D eigenvalue weighted by molar-refractivity contribution is 5.92. The number of ether oxygens (including phenoxy) is 1. The van der Waals surface area contributed by atoms with Gasteiger partial charge in [-0.05, 0) is 36.8 Å². The number of aryl methyl sites for hydroxylation is 1. The molecule has 0 aliphatic heterocycles. The fraction of sp³-hybridized carbons (Fsp3) is 0.133. The van der Waals surface area contributed by atoms with E-state index in [1.165, 1.54) is 12.1 Å². The smallest absolute Gasteiger partial charge is 0.262 e. The van der Waals surface area contributed by atoms with Crippen molar-refractivity contribution in [2.24, 2.45) is 0 Å². The maximum atomic E-state index is 13.1. The summed E-state index contributed by atoms with van der Waals surface area (Å²) in [6, 6.07) is 11.0. The SMILES string of the molecule is Cc1ccc(F)cc1NC(=O)COc1cccc(N)c1. The van der Waals surface area contributed by atoms with Gasteiger partial charge in [0, 0.05) is 17.4 Å². The van der Waals surface area contributed by atoms with Gasteiger partial charge in [-0.15, -0.1) is 0 Å². The molecule has 0 bridgehead atoms. The Balaban J connectivity index is 1.94. The van der Waals surface area contributed by atoms with E-state index in [0.717, 1.165) is 5.56 Å². The number of halogens is 1. The summed E-state index contributed by atoms with van der Waals surface area (Å²) in [4.78, 5) is 11.7. The van der Waals surface area contributed by atoms with E-state index in [2.05, 4.69) is 5.32 Å². The third-order valence-electron chi connectivity index (χ3n) is 2.70. The van der Waals surface area contributed by atoms with Crippen LogP contribution in [-0.2, 0) is 4.79 Å². The molecule has 2 aromatic carbocycles. The zero-order valence-electron chi connectivity index (χ0n) is 11.0. The molecule has 0 aliphatic rings. The molecule has 4 nitrogen and oxygen atoms in total. The number of carbonyl (C=O) groups excluding carboxylic acids is 1. The van der Waals surface area contributed by atoms with Gasteiger partial charge in [0.15, 0.2) is 6.61 Å². The van der Waals surface area contributed by atoms with Crippen molar-refractivity contribution in [3.8, 4) is 5.75 Å². The predicted molar refractivity (Wildman–Crippen MR) is 76.1 cm³/mol. The van der Waals surface area contributed by atoms with Gasteiger partial charge in [0.1, 0.15) is 11.6 Å². The van der Waals surface area contributed by atoms with Crippen LogP contribution in [0.5, 0.6) is 5.75 Å². The second kappa shape index (κ2) is 6.06. The van der Waals surface area contributed by atoms with Gasteiger partial charge in [-0.2, -0.15) is 0 Å². The number of amides is 1. The number of nitrogen functional groups attached to an aromatic ring is 1. The van der Waals surface area contributed by atoms with Crippen molar-refractivity contribution in [3.63, 3.8) is 0 Å². The summed E-state index contributed by atoms with van der Waals surface area (Å²) in [5, 5.41) is 2.60. The normalized spacial score (nSPS) is 10.1. The lowest BCUT2D eigenvalue weighted by Gasteiger charge is -2.10. The van der Waals surface area contributed by atoms with E-state index < -0.39 is 5.82 Å². The van der Waals surface area contributed by atoms with E-state index in [-0.39, 0.29) is 12.5 Å². The van der Waals surface area contributed by atoms with Crippen LogP contribution in [-0.4, -0.2) is 12.5 Å². The van der Waals surface area contributed by atoms with E-state index in [0.29, 0.717) is 17.1 Å². The lowest BCUT2D eigenvalue weighted by Crippen LogP contribution is -2.20. The minimum absolute atomic E-state index is 0.167. The van der Waals surface area contributed by atoms with Crippen molar-refractivity contribution in [3.05, 3.63) is 53.8 Å². The first-order valence-electron chi connectivity index (χ1n) is 6.09. The molecule has 0 saturated heterocycles. The Bertz CT molecular complexity index is 629. The van der Waals surface area contributed by atoms with Gasteiger partial charge in [0.25, 0.3) is 5.91 Å². The first kappa shape index (κ1) is 13.9. The lowest BCUT2D eigenvalue weighted by atomic mass is 10.2. The largest absolute Gasteiger partial charge is 0.484 e. The van der Waals surface area contributed by atoms with Crippen LogP contribution in [0.2, 0.25) is 0 Å². The van der Waals surface area contributed by atoms with Gasteiger partial charge >= 0.3 is 0 Å². The van der Waals surface area contributed by atoms with Gasteiger partial charge in [0.05, 0.1) is 0 Å². The van der Waals surface area contributed by atoms with Gasteiger partial charge in [-0.1, -0.05) is 12.1 Å². The van der Waals surface area contributed by atoms with Gasteiger partial charge < -0.3 is 15.8 Å². The summed E-state index contributed by atoms with van der Waals surface area (Å²) in [5.41, 5.74) is 7.38. The molecule has 104 valence electrons. The van der Waals surface area contributed by atoms with Crippen molar-refractivity contribution in [1.29, 1.82) is 0 Å². The topological polar surface area (TPSA) is 64.3 Å². The fourth-order valence-corrected chi connectivity index (χ4v) is 1.67. The molecule has 5 heteroatoms. The summed E-state index contributed by atoms with van der Waals surface area (Å²) < 4.78 is 18.4. The molecule has 0 fully saturated rings. The van der Waals surface area contributed by atoms with Gasteiger partial charge in [-0.25, -0.2) is 4.39 Å². The number of nitrogens with one attached hydrogen (secondary N) is 1. The van der Waals surface area contributed by atoms with E-state index in [1.54, 1.807) is 37.3 Å². The minimum atomic E-state index is -0.400. The Hall–Kier alpha value is -2.56. The Morgan fingerprint density at radius 3 is 2.85 bits per heavy atom. The van der Waals surface area contributed by atoms with Gasteiger partial charge in [-0.3, -0.25) is 4.79 Å². The molecule has 0 saturated carbocycles. The van der Waals surface area contributed by atoms with E-state index >= 15 is 0 Å². The van der Waals surface area contributed by atoms with Crippen LogP contribution in [0.25, 0.3) is 0 Å². The summed E-state index contributed by atoms with van der Waals surface area (Å²) in [6.45, 7) is 1.62. The molecule has 0 unspecified atom stereocenters. The first-order chi connectivity index (χ1) is 9.54. The monoisotopic (exact) mass is 274 g/mol. The van der Waals surface area contributed by atoms with E-state index in [9.17, 15) is 9.18 Å². The molecule has 20 heavy (non-hydrogen) atoms. The zero-order valence-corrected chi connectivity index (χ0v) is 11.0. The first-order valence-corrected chi connectivity index (χ1v) is 6.09. The van der Waals surface area contributed by atoms with Crippen molar-refractivity contribution in [2.45, 2.75) is 6.92 Å². The molecule has 2 rings (SSSR count).